The lowest BCUT2D eigenvalue weighted by Gasteiger charge is -2.48. The van der Waals surface area contributed by atoms with E-state index in [2.05, 4.69) is 0 Å². The molecule has 154 valence electrons. The molecule has 8 heteroatoms. The average Bonchev–Trinajstić information content (AvgIpc) is 2.92. The van der Waals surface area contributed by atoms with Crippen molar-refractivity contribution in [3.05, 3.63) is 70.0 Å². The number of rotatable bonds is 2. The van der Waals surface area contributed by atoms with Crippen LogP contribution in [0, 0.1) is 68.9 Å². The number of halogens is 2. The van der Waals surface area contributed by atoms with E-state index in [1.807, 2.05) is 37.3 Å². The van der Waals surface area contributed by atoms with Gasteiger partial charge in [0, 0.05) is 5.56 Å². The van der Waals surface area contributed by atoms with Crippen molar-refractivity contribution in [2.45, 2.75) is 25.7 Å². The van der Waals surface area contributed by atoms with Gasteiger partial charge >= 0.3 is 0 Å². The Morgan fingerprint density at radius 3 is 2.26 bits per heavy atom. The van der Waals surface area contributed by atoms with Crippen molar-refractivity contribution in [1.82, 2.24) is 0 Å². The summed E-state index contributed by atoms with van der Waals surface area (Å²) >= 11 is 5.81. The van der Waals surface area contributed by atoms with Crippen LogP contribution in [0.15, 0.2) is 42.5 Å². The quantitative estimate of drug-likeness (QED) is 0.722. The van der Waals surface area contributed by atoms with Gasteiger partial charge in [-0.05, 0) is 24.6 Å². The summed E-state index contributed by atoms with van der Waals surface area (Å²) in [4.78, 5) is 0. The summed E-state index contributed by atoms with van der Waals surface area (Å²) in [6.45, 7) is 3.52. The number of nitriles is 3. The van der Waals surface area contributed by atoms with Gasteiger partial charge in [0.25, 0.3) is 0 Å². The van der Waals surface area contributed by atoms with Gasteiger partial charge in [0.05, 0.1) is 29.1 Å². The number of hydrogen-bond donors (Lipinski definition) is 1. The molecule has 2 bridgehead atoms. The molecule has 4 rings (SSSR count). The molecule has 1 N–H and O–H groups in total. The second-order valence-electron chi connectivity index (χ2n) is 7.81. The molecule has 0 radical (unpaired) electrons. The zero-order chi connectivity index (χ0) is 22.6. The molecule has 2 fully saturated rings. The fourth-order valence-corrected chi connectivity index (χ4v) is 4.75. The molecule has 4 unspecified atom stereocenters. The minimum atomic E-state index is -2.16. The van der Waals surface area contributed by atoms with Crippen LogP contribution in [0.25, 0.3) is 0 Å². The predicted molar refractivity (Wildman–Crippen MR) is 108 cm³/mol. The first-order valence-electron chi connectivity index (χ1n) is 9.44. The predicted octanol–water partition coefficient (Wildman–Crippen LogP) is 4.90. The summed E-state index contributed by atoms with van der Waals surface area (Å²) in [6, 6.07) is 16.8. The first kappa shape index (κ1) is 20.8. The van der Waals surface area contributed by atoms with Crippen LogP contribution in [0.1, 0.15) is 29.7 Å². The third kappa shape index (κ3) is 2.41. The highest BCUT2D eigenvalue weighted by Crippen LogP contribution is 2.69. The molecule has 2 aliphatic rings. The summed E-state index contributed by atoms with van der Waals surface area (Å²) in [5.74, 6) is -3.78. The van der Waals surface area contributed by atoms with E-state index in [1.165, 1.54) is 12.1 Å². The number of nitrogens with one attached hydrogen (secondary N) is 1. The minimum absolute atomic E-state index is 0.136. The SMILES string of the molecule is Cc1ccc(C23OC(=N)C(C#N)(C2C)C(C#N)(C#N)C(c2ccc(Cl)c(F)c2)O3)cc1. The van der Waals surface area contributed by atoms with Gasteiger partial charge < -0.3 is 9.47 Å². The highest BCUT2D eigenvalue weighted by Gasteiger charge is 2.79. The van der Waals surface area contributed by atoms with Crippen molar-refractivity contribution in [3.8, 4) is 18.2 Å². The molecule has 2 saturated heterocycles. The molecule has 31 heavy (non-hydrogen) atoms. The van der Waals surface area contributed by atoms with Gasteiger partial charge in [-0.3, -0.25) is 5.41 Å². The topological polar surface area (TPSA) is 114 Å². The summed E-state index contributed by atoms with van der Waals surface area (Å²) in [7, 11) is 0. The molecular formula is C23H16ClFN4O2. The van der Waals surface area contributed by atoms with Crippen molar-refractivity contribution in [2.75, 3.05) is 0 Å². The van der Waals surface area contributed by atoms with Crippen molar-refractivity contribution >= 4 is 17.5 Å². The first-order valence-corrected chi connectivity index (χ1v) is 9.82. The van der Waals surface area contributed by atoms with Crippen LogP contribution in [0.5, 0.6) is 0 Å². The number of ether oxygens (including phenoxy) is 2. The zero-order valence-electron chi connectivity index (χ0n) is 16.6. The van der Waals surface area contributed by atoms with Crippen molar-refractivity contribution in [2.24, 2.45) is 16.7 Å². The normalized spacial score (nSPS) is 30.5. The Labute approximate surface area is 183 Å². The van der Waals surface area contributed by atoms with E-state index in [0.717, 1.165) is 11.6 Å². The number of hydrogen-bond acceptors (Lipinski definition) is 6. The fourth-order valence-electron chi connectivity index (χ4n) is 4.63. The Bertz CT molecular complexity index is 1210. The van der Waals surface area contributed by atoms with E-state index in [4.69, 9.17) is 26.5 Å². The second kappa shape index (κ2) is 6.79. The molecule has 2 aromatic rings. The Balaban J connectivity index is 2.04. The Kier molecular flexibility index (Phi) is 4.56. The molecule has 0 spiro atoms. The lowest BCUT2D eigenvalue weighted by Crippen LogP contribution is -2.57. The van der Waals surface area contributed by atoms with Crippen LogP contribution in [-0.2, 0) is 15.3 Å². The molecular weight excluding hydrogens is 419 g/mol. The van der Waals surface area contributed by atoms with Crippen molar-refractivity contribution < 1.29 is 13.9 Å². The van der Waals surface area contributed by atoms with E-state index >= 15 is 0 Å². The van der Waals surface area contributed by atoms with Crippen LogP contribution in [0.2, 0.25) is 5.02 Å². The highest BCUT2D eigenvalue weighted by atomic mass is 35.5. The molecule has 4 atom stereocenters. The molecule has 2 aromatic carbocycles. The number of benzene rings is 2. The van der Waals surface area contributed by atoms with Crippen LogP contribution < -0.4 is 0 Å². The molecule has 2 aliphatic heterocycles. The average molecular weight is 435 g/mol. The lowest BCUT2D eigenvalue weighted by molar-refractivity contribution is -0.288. The summed E-state index contributed by atoms with van der Waals surface area (Å²) in [5.41, 5.74) is -2.46. The summed E-state index contributed by atoms with van der Waals surface area (Å²) < 4.78 is 26.5. The van der Waals surface area contributed by atoms with Crippen molar-refractivity contribution in [3.63, 3.8) is 0 Å². The van der Waals surface area contributed by atoms with Gasteiger partial charge in [-0.25, -0.2) is 4.39 Å². The van der Waals surface area contributed by atoms with Crippen LogP contribution >= 0.6 is 11.6 Å². The number of aryl methyl sites for hydroxylation is 1. The van der Waals surface area contributed by atoms with Crippen LogP contribution in [0.3, 0.4) is 0 Å². The van der Waals surface area contributed by atoms with E-state index in [-0.39, 0.29) is 10.6 Å². The van der Waals surface area contributed by atoms with E-state index in [9.17, 15) is 20.2 Å². The Morgan fingerprint density at radius 2 is 1.71 bits per heavy atom. The maximum Gasteiger partial charge on any atom is 0.244 e. The van der Waals surface area contributed by atoms with Gasteiger partial charge in [0.1, 0.15) is 11.9 Å². The fraction of sp³-hybridized carbons (Fsp3) is 0.304. The van der Waals surface area contributed by atoms with Crippen LogP contribution in [-0.4, -0.2) is 5.90 Å². The molecule has 0 amide bonds. The molecule has 6 nitrogen and oxygen atoms in total. The molecule has 0 saturated carbocycles. The number of fused-ring (bicyclic) bond motifs is 2. The smallest absolute Gasteiger partial charge is 0.244 e. The third-order valence-corrected chi connectivity index (χ3v) is 6.68. The largest absolute Gasteiger partial charge is 0.443 e. The lowest BCUT2D eigenvalue weighted by atomic mass is 9.53. The maximum absolute atomic E-state index is 14.3. The van der Waals surface area contributed by atoms with Gasteiger partial charge in [-0.1, -0.05) is 54.4 Å². The van der Waals surface area contributed by atoms with Gasteiger partial charge in [-0.2, -0.15) is 15.8 Å². The second-order valence-corrected chi connectivity index (χ2v) is 8.22. The van der Waals surface area contributed by atoms with Crippen molar-refractivity contribution in [1.29, 1.82) is 21.2 Å². The monoisotopic (exact) mass is 434 g/mol. The van der Waals surface area contributed by atoms with Gasteiger partial charge in [0.15, 0.2) is 5.41 Å². The van der Waals surface area contributed by atoms with E-state index < -0.39 is 40.4 Å². The molecule has 0 aliphatic carbocycles. The summed E-state index contributed by atoms with van der Waals surface area (Å²) in [5, 5.41) is 39.0. The minimum Gasteiger partial charge on any atom is -0.443 e. The number of nitrogens with zero attached hydrogens (tertiary/aromatic N) is 3. The Hall–Kier alpha value is -3.44. The van der Waals surface area contributed by atoms with Crippen LogP contribution in [0.4, 0.5) is 4.39 Å². The van der Waals surface area contributed by atoms with Gasteiger partial charge in [0.2, 0.25) is 17.1 Å². The maximum atomic E-state index is 14.3. The van der Waals surface area contributed by atoms with Gasteiger partial charge in [-0.15, -0.1) is 0 Å². The first-order chi connectivity index (χ1) is 14.7. The molecule has 2 heterocycles. The Morgan fingerprint density at radius 1 is 1.06 bits per heavy atom. The van der Waals surface area contributed by atoms with E-state index in [0.29, 0.717) is 5.56 Å². The summed E-state index contributed by atoms with van der Waals surface area (Å²) in [6.07, 6.45) is -1.38. The standard InChI is InChI=1S/C23H16ClFN4O2/c1-13-3-6-16(7-4-13)23-14(2)22(12-28,20(29)31-23)21(10-26,11-27)19(30-23)15-5-8-17(24)18(25)9-15/h3-9,14,19,29H,1-2H3. The third-order valence-electron chi connectivity index (χ3n) is 6.37. The zero-order valence-corrected chi connectivity index (χ0v) is 17.4. The highest BCUT2D eigenvalue weighted by molar-refractivity contribution is 6.30. The van der Waals surface area contributed by atoms with E-state index in [1.54, 1.807) is 19.1 Å². The molecule has 0 aromatic heterocycles.